The molecule has 52 heavy (non-hydrogen) atoms. The second-order valence-corrected chi connectivity index (χ2v) is 14.0. The van der Waals surface area contributed by atoms with Gasteiger partial charge in [-0.05, 0) is 70.6 Å². The van der Waals surface area contributed by atoms with Crippen molar-refractivity contribution in [1.29, 1.82) is 0 Å². The van der Waals surface area contributed by atoms with E-state index in [9.17, 15) is 0 Å². The monoisotopic (exact) mass is 659 g/mol. The molecule has 3 nitrogen and oxygen atoms in total. The molecule has 0 saturated heterocycles. The van der Waals surface area contributed by atoms with Gasteiger partial charge in [0.15, 0.2) is 0 Å². The van der Waals surface area contributed by atoms with Gasteiger partial charge in [-0.3, -0.25) is 0 Å². The number of rotatable bonds is 2. The molecule has 12 rings (SSSR count). The lowest BCUT2D eigenvalue weighted by atomic mass is 9.42. The highest BCUT2D eigenvalue weighted by Crippen LogP contribution is 2.52. The van der Waals surface area contributed by atoms with Crippen LogP contribution in [0.5, 0.6) is 0 Å². The van der Waals surface area contributed by atoms with Gasteiger partial charge in [-0.25, -0.2) is 0 Å². The number of aromatic nitrogens is 2. The highest BCUT2D eigenvalue weighted by molar-refractivity contribution is 6.94. The Bertz CT molecular complexity index is 3080. The lowest BCUT2D eigenvalue weighted by Crippen LogP contribution is -2.60. The highest BCUT2D eigenvalue weighted by Gasteiger charge is 2.45. The summed E-state index contributed by atoms with van der Waals surface area (Å²) in [5, 5.41) is 5.13. The molecular weight excluding hydrogens is 629 g/mol. The first-order chi connectivity index (χ1) is 25.9. The van der Waals surface area contributed by atoms with E-state index in [1.807, 2.05) is 0 Å². The number of benzene rings is 8. The Balaban J connectivity index is 1.41. The fourth-order valence-corrected chi connectivity index (χ4v) is 9.58. The molecule has 0 saturated carbocycles. The van der Waals surface area contributed by atoms with Gasteiger partial charge in [0.05, 0.1) is 22.1 Å². The van der Waals surface area contributed by atoms with Gasteiger partial charge in [0.2, 0.25) is 0 Å². The number of fused-ring (bicyclic) bond motifs is 20. The van der Waals surface area contributed by atoms with Crippen molar-refractivity contribution in [1.82, 2.24) is 9.13 Å². The summed E-state index contributed by atoms with van der Waals surface area (Å²) in [4.78, 5) is 2.63. The number of hydrogen-bond acceptors (Lipinski definition) is 1. The molecule has 4 heteroatoms. The third kappa shape index (κ3) is 3.51. The van der Waals surface area contributed by atoms with Gasteiger partial charge in [-0.2, -0.15) is 0 Å². The first-order valence-corrected chi connectivity index (χ1v) is 18.1. The Morgan fingerprint density at radius 1 is 0.365 bits per heavy atom. The van der Waals surface area contributed by atoms with Crippen molar-refractivity contribution in [2.75, 3.05) is 4.81 Å². The summed E-state index contributed by atoms with van der Waals surface area (Å²) in [7, 11) is 0. The van der Waals surface area contributed by atoms with Gasteiger partial charge in [0.25, 0.3) is 0 Å². The third-order valence-electron chi connectivity index (χ3n) is 11.5. The van der Waals surface area contributed by atoms with Crippen LogP contribution >= 0.6 is 0 Å². The maximum Gasteiger partial charge on any atom is 0.330 e. The average Bonchev–Trinajstić information content (AvgIpc) is 3.75. The first kappa shape index (κ1) is 28.0. The molecule has 2 aliphatic heterocycles. The van der Waals surface area contributed by atoms with Crippen LogP contribution in [0.1, 0.15) is 0 Å². The summed E-state index contributed by atoms with van der Waals surface area (Å²) in [6.07, 6.45) is 0. The summed E-state index contributed by atoms with van der Waals surface area (Å²) < 4.78 is 5.05. The van der Waals surface area contributed by atoms with Gasteiger partial charge >= 0.3 is 6.85 Å². The second-order valence-electron chi connectivity index (χ2n) is 14.0. The van der Waals surface area contributed by atoms with Crippen LogP contribution in [-0.4, -0.2) is 16.0 Å². The Hall–Kier alpha value is -6.78. The largest absolute Gasteiger partial charge is 0.376 e. The molecule has 0 radical (unpaired) electrons. The number of hydrogen-bond donors (Lipinski definition) is 0. The van der Waals surface area contributed by atoms with Crippen LogP contribution in [0.4, 0.5) is 11.4 Å². The summed E-state index contributed by atoms with van der Waals surface area (Å²) in [5.74, 6) is 0. The molecule has 0 bridgehead atoms. The van der Waals surface area contributed by atoms with Gasteiger partial charge in [-0.15, -0.1) is 0 Å². The van der Waals surface area contributed by atoms with E-state index >= 15 is 0 Å². The predicted molar refractivity (Wildman–Crippen MR) is 220 cm³/mol. The molecule has 0 aliphatic carbocycles. The summed E-state index contributed by atoms with van der Waals surface area (Å²) in [6.45, 7) is -0.0447. The number of anilines is 2. The first-order valence-electron chi connectivity index (χ1n) is 18.1. The van der Waals surface area contributed by atoms with Crippen molar-refractivity contribution in [3.8, 4) is 33.6 Å². The summed E-state index contributed by atoms with van der Waals surface area (Å²) >= 11 is 0. The lowest BCUT2D eigenvalue weighted by molar-refractivity contribution is 1.15. The molecule has 0 amide bonds. The minimum Gasteiger partial charge on any atom is -0.376 e. The van der Waals surface area contributed by atoms with Gasteiger partial charge in [0.1, 0.15) is 0 Å². The van der Waals surface area contributed by atoms with Gasteiger partial charge in [0, 0.05) is 55.4 Å². The van der Waals surface area contributed by atoms with Crippen LogP contribution in [-0.2, 0) is 0 Å². The van der Waals surface area contributed by atoms with E-state index in [0.29, 0.717) is 0 Å². The average molecular weight is 660 g/mol. The molecule has 4 heterocycles. The van der Waals surface area contributed by atoms with E-state index in [-0.39, 0.29) is 6.85 Å². The molecule has 0 N–H and O–H groups in total. The van der Waals surface area contributed by atoms with Gasteiger partial charge in [-0.1, -0.05) is 133 Å². The molecule has 2 aromatic heterocycles. The minimum atomic E-state index is -0.0447. The zero-order chi connectivity index (χ0) is 33.9. The third-order valence-corrected chi connectivity index (χ3v) is 11.5. The van der Waals surface area contributed by atoms with Gasteiger partial charge < -0.3 is 13.9 Å². The Labute approximate surface area is 301 Å². The Morgan fingerprint density at radius 2 is 0.827 bits per heavy atom. The summed E-state index contributed by atoms with van der Waals surface area (Å²) in [5.41, 5.74) is 17.5. The van der Waals surface area contributed by atoms with Crippen LogP contribution in [0.15, 0.2) is 182 Å². The molecule has 8 aromatic carbocycles. The molecule has 0 unspecified atom stereocenters. The van der Waals surface area contributed by atoms with Crippen LogP contribution in [0.25, 0.3) is 77.2 Å². The summed E-state index contributed by atoms with van der Waals surface area (Å²) in [6, 6.07) is 67.0. The van der Waals surface area contributed by atoms with Crippen molar-refractivity contribution in [3.05, 3.63) is 182 Å². The lowest BCUT2D eigenvalue weighted by Gasteiger charge is -2.44. The minimum absolute atomic E-state index is 0.0447. The topological polar surface area (TPSA) is 13.1 Å². The maximum absolute atomic E-state index is 2.63. The smallest absolute Gasteiger partial charge is 0.330 e. The van der Waals surface area contributed by atoms with Crippen LogP contribution in [0.3, 0.4) is 0 Å². The SMILES string of the molecule is c1ccc(-n2c3ccccc3c3c4c(c5c6ccccc6n(-c6ccccc6)c5c32)-c2ccccc2N2B4c3ccccc3-c3ccccc32)cc1. The second kappa shape index (κ2) is 10.4. The van der Waals surface area contributed by atoms with Crippen molar-refractivity contribution in [2.45, 2.75) is 0 Å². The molecule has 0 fully saturated rings. The molecular formula is C48H30BN3. The number of para-hydroxylation sites is 6. The van der Waals surface area contributed by atoms with E-state index in [0.717, 1.165) is 11.4 Å². The fourth-order valence-electron chi connectivity index (χ4n) is 9.58. The zero-order valence-corrected chi connectivity index (χ0v) is 28.2. The Morgan fingerprint density at radius 3 is 1.48 bits per heavy atom. The van der Waals surface area contributed by atoms with E-state index in [1.165, 1.54) is 88.2 Å². The van der Waals surface area contributed by atoms with Crippen molar-refractivity contribution in [2.24, 2.45) is 0 Å². The van der Waals surface area contributed by atoms with Crippen LogP contribution in [0.2, 0.25) is 0 Å². The quantitative estimate of drug-likeness (QED) is 0.168. The van der Waals surface area contributed by atoms with Crippen LogP contribution in [0, 0.1) is 0 Å². The van der Waals surface area contributed by atoms with Crippen molar-refractivity contribution >= 4 is 72.8 Å². The fraction of sp³-hybridized carbons (Fsp3) is 0. The molecule has 240 valence electrons. The molecule has 0 atom stereocenters. The predicted octanol–water partition coefficient (Wildman–Crippen LogP) is 10.8. The normalized spacial score (nSPS) is 12.9. The van der Waals surface area contributed by atoms with E-state index in [4.69, 9.17) is 0 Å². The van der Waals surface area contributed by atoms with E-state index in [2.05, 4.69) is 196 Å². The standard InChI is InChI=1S/C48H30BN3/c1-3-17-31(18-4-1)50-39-27-13-9-23-35(39)44-43-37-25-11-16-30-42(37)52-41-29-15-8-22-34(41)33-21-7-12-26-38(33)49(52)46(43)45-36-24-10-14-28-40(36)51(48(45)47(44)50)32-19-5-2-6-20-32/h1-30H. The maximum atomic E-state index is 2.63. The highest BCUT2D eigenvalue weighted by atomic mass is 15.1. The van der Waals surface area contributed by atoms with Crippen molar-refractivity contribution < 1.29 is 0 Å². The molecule has 0 spiro atoms. The molecule has 2 aliphatic rings. The molecule has 10 aromatic rings. The number of nitrogens with zero attached hydrogens (tertiary/aromatic N) is 3. The Kier molecular flexibility index (Phi) is 5.58. The van der Waals surface area contributed by atoms with Crippen molar-refractivity contribution in [3.63, 3.8) is 0 Å². The van der Waals surface area contributed by atoms with Crippen LogP contribution < -0.4 is 15.7 Å². The van der Waals surface area contributed by atoms with E-state index < -0.39 is 0 Å². The van der Waals surface area contributed by atoms with E-state index in [1.54, 1.807) is 0 Å². The zero-order valence-electron chi connectivity index (χ0n) is 28.2.